The highest BCUT2D eigenvalue weighted by atomic mass is 19.3. The van der Waals surface area contributed by atoms with Gasteiger partial charge in [0.2, 0.25) is 0 Å². The van der Waals surface area contributed by atoms with Crippen LogP contribution in [-0.4, -0.2) is 50.2 Å². The number of methoxy groups -OCH3 is 1. The molecule has 1 saturated heterocycles. The standard InChI is InChI=1S/C8H16F2N2O/c1-13-7-2-3-12(4-7)6-8(9,10)5-11/h7H,2-6,11H2,1H3. The molecule has 1 aliphatic heterocycles. The van der Waals surface area contributed by atoms with E-state index in [1.807, 2.05) is 0 Å². The molecule has 1 aliphatic rings. The number of ether oxygens (including phenoxy) is 1. The fourth-order valence-corrected chi connectivity index (χ4v) is 1.52. The van der Waals surface area contributed by atoms with Crippen molar-refractivity contribution in [2.24, 2.45) is 5.73 Å². The Morgan fingerprint density at radius 1 is 1.62 bits per heavy atom. The molecule has 78 valence electrons. The minimum atomic E-state index is -2.76. The molecule has 0 aromatic heterocycles. The van der Waals surface area contributed by atoms with Gasteiger partial charge in [-0.25, -0.2) is 8.78 Å². The lowest BCUT2D eigenvalue weighted by molar-refractivity contribution is -0.0213. The van der Waals surface area contributed by atoms with Gasteiger partial charge in [0.15, 0.2) is 0 Å². The Morgan fingerprint density at radius 3 is 2.77 bits per heavy atom. The molecule has 0 aromatic rings. The third-order valence-corrected chi connectivity index (χ3v) is 2.32. The molecular formula is C8H16F2N2O. The molecule has 0 aliphatic carbocycles. The molecule has 3 nitrogen and oxygen atoms in total. The van der Waals surface area contributed by atoms with Crippen molar-refractivity contribution in [1.82, 2.24) is 4.90 Å². The van der Waals surface area contributed by atoms with Crippen molar-refractivity contribution in [2.75, 3.05) is 33.3 Å². The van der Waals surface area contributed by atoms with Crippen LogP contribution in [0.25, 0.3) is 0 Å². The first-order valence-electron chi connectivity index (χ1n) is 4.40. The second kappa shape index (κ2) is 4.30. The third kappa shape index (κ3) is 3.17. The number of hydrogen-bond donors (Lipinski definition) is 1. The van der Waals surface area contributed by atoms with Crippen LogP contribution in [-0.2, 0) is 4.74 Å². The zero-order valence-corrected chi connectivity index (χ0v) is 7.80. The van der Waals surface area contributed by atoms with Crippen LogP contribution in [0.4, 0.5) is 8.78 Å². The van der Waals surface area contributed by atoms with E-state index in [2.05, 4.69) is 0 Å². The fourth-order valence-electron chi connectivity index (χ4n) is 1.52. The number of rotatable bonds is 4. The molecule has 0 radical (unpaired) electrons. The van der Waals surface area contributed by atoms with Crippen LogP contribution in [0, 0.1) is 0 Å². The Labute approximate surface area is 76.8 Å². The van der Waals surface area contributed by atoms with Crippen LogP contribution in [0.2, 0.25) is 0 Å². The van der Waals surface area contributed by atoms with Crippen molar-refractivity contribution in [3.63, 3.8) is 0 Å². The van der Waals surface area contributed by atoms with E-state index in [-0.39, 0.29) is 12.6 Å². The number of halogens is 2. The predicted molar refractivity (Wildman–Crippen MR) is 45.9 cm³/mol. The van der Waals surface area contributed by atoms with Gasteiger partial charge in [-0.05, 0) is 6.42 Å². The molecule has 0 amide bonds. The van der Waals surface area contributed by atoms with Crippen molar-refractivity contribution in [3.8, 4) is 0 Å². The number of likely N-dealkylation sites (tertiary alicyclic amines) is 1. The fraction of sp³-hybridized carbons (Fsp3) is 1.00. The Hall–Kier alpha value is -0.260. The second-order valence-corrected chi connectivity index (χ2v) is 3.44. The van der Waals surface area contributed by atoms with E-state index in [0.717, 1.165) is 6.42 Å². The van der Waals surface area contributed by atoms with Gasteiger partial charge in [-0.1, -0.05) is 0 Å². The molecule has 5 heteroatoms. The molecule has 0 bridgehead atoms. The summed E-state index contributed by atoms with van der Waals surface area (Å²) in [5, 5.41) is 0. The lowest BCUT2D eigenvalue weighted by Gasteiger charge is -2.21. The summed E-state index contributed by atoms with van der Waals surface area (Å²) in [6, 6.07) is 0. The molecule has 0 saturated carbocycles. The maximum atomic E-state index is 12.8. The molecule has 0 spiro atoms. The molecule has 13 heavy (non-hydrogen) atoms. The monoisotopic (exact) mass is 194 g/mol. The highest BCUT2D eigenvalue weighted by Gasteiger charge is 2.33. The van der Waals surface area contributed by atoms with Gasteiger partial charge >= 0.3 is 0 Å². The van der Waals surface area contributed by atoms with Crippen LogP contribution in [0.15, 0.2) is 0 Å². The van der Waals surface area contributed by atoms with Crippen molar-refractivity contribution in [3.05, 3.63) is 0 Å². The average Bonchev–Trinajstić information content (AvgIpc) is 2.52. The largest absolute Gasteiger partial charge is 0.380 e. The SMILES string of the molecule is COC1CCN(CC(F)(F)CN)C1. The van der Waals surface area contributed by atoms with Crippen molar-refractivity contribution in [1.29, 1.82) is 0 Å². The van der Waals surface area contributed by atoms with Crippen LogP contribution < -0.4 is 5.73 Å². The number of alkyl halides is 2. The summed E-state index contributed by atoms with van der Waals surface area (Å²) in [7, 11) is 1.61. The topological polar surface area (TPSA) is 38.5 Å². The number of hydrogen-bond acceptors (Lipinski definition) is 3. The van der Waals surface area contributed by atoms with Gasteiger partial charge in [0.25, 0.3) is 5.92 Å². The predicted octanol–water partition coefficient (Wildman–Crippen LogP) is 0.301. The molecule has 1 unspecified atom stereocenters. The molecule has 1 heterocycles. The van der Waals surface area contributed by atoms with E-state index in [0.29, 0.717) is 13.1 Å². The first-order valence-corrected chi connectivity index (χ1v) is 4.40. The highest BCUT2D eigenvalue weighted by molar-refractivity contribution is 4.81. The van der Waals surface area contributed by atoms with E-state index in [1.165, 1.54) is 0 Å². The first-order chi connectivity index (χ1) is 6.07. The maximum absolute atomic E-state index is 12.8. The van der Waals surface area contributed by atoms with Gasteiger partial charge < -0.3 is 10.5 Å². The van der Waals surface area contributed by atoms with Gasteiger partial charge in [0.1, 0.15) is 0 Å². The van der Waals surface area contributed by atoms with Crippen LogP contribution in [0.1, 0.15) is 6.42 Å². The highest BCUT2D eigenvalue weighted by Crippen LogP contribution is 2.18. The summed E-state index contributed by atoms with van der Waals surface area (Å²) < 4.78 is 30.7. The van der Waals surface area contributed by atoms with E-state index < -0.39 is 12.5 Å². The number of nitrogens with zero attached hydrogens (tertiary/aromatic N) is 1. The van der Waals surface area contributed by atoms with Gasteiger partial charge in [-0.15, -0.1) is 0 Å². The normalized spacial score (nSPS) is 25.4. The van der Waals surface area contributed by atoms with Crippen LogP contribution >= 0.6 is 0 Å². The smallest absolute Gasteiger partial charge is 0.272 e. The molecule has 1 fully saturated rings. The second-order valence-electron chi connectivity index (χ2n) is 3.44. The quantitative estimate of drug-likeness (QED) is 0.699. The van der Waals surface area contributed by atoms with Crippen molar-refractivity contribution >= 4 is 0 Å². The molecule has 2 N–H and O–H groups in total. The Bertz CT molecular complexity index is 166. The van der Waals surface area contributed by atoms with E-state index >= 15 is 0 Å². The average molecular weight is 194 g/mol. The van der Waals surface area contributed by atoms with Gasteiger partial charge in [0.05, 0.1) is 19.2 Å². The van der Waals surface area contributed by atoms with Gasteiger partial charge in [-0.3, -0.25) is 4.90 Å². The molecule has 1 rings (SSSR count). The summed E-state index contributed by atoms with van der Waals surface area (Å²) in [4.78, 5) is 1.70. The minimum Gasteiger partial charge on any atom is -0.380 e. The van der Waals surface area contributed by atoms with E-state index in [4.69, 9.17) is 10.5 Å². The maximum Gasteiger partial charge on any atom is 0.272 e. The zero-order valence-electron chi connectivity index (χ0n) is 7.80. The lowest BCUT2D eigenvalue weighted by atomic mass is 10.3. The third-order valence-electron chi connectivity index (χ3n) is 2.32. The number of nitrogens with two attached hydrogens (primary N) is 1. The van der Waals surface area contributed by atoms with Gasteiger partial charge in [-0.2, -0.15) is 0 Å². The van der Waals surface area contributed by atoms with E-state index in [1.54, 1.807) is 12.0 Å². The van der Waals surface area contributed by atoms with Crippen LogP contribution in [0.5, 0.6) is 0 Å². The molecule has 0 aromatic carbocycles. The summed E-state index contributed by atoms with van der Waals surface area (Å²) in [5.41, 5.74) is 4.94. The Kier molecular flexibility index (Phi) is 3.58. The zero-order chi connectivity index (χ0) is 9.90. The summed E-state index contributed by atoms with van der Waals surface area (Å²) >= 11 is 0. The van der Waals surface area contributed by atoms with Crippen molar-refractivity contribution < 1.29 is 13.5 Å². The van der Waals surface area contributed by atoms with Crippen molar-refractivity contribution in [2.45, 2.75) is 18.4 Å². The summed E-state index contributed by atoms with van der Waals surface area (Å²) in [5.74, 6) is -2.76. The first kappa shape index (κ1) is 10.8. The Morgan fingerprint density at radius 2 is 2.31 bits per heavy atom. The van der Waals surface area contributed by atoms with Crippen LogP contribution in [0.3, 0.4) is 0 Å². The Balaban J connectivity index is 2.31. The lowest BCUT2D eigenvalue weighted by Crippen LogP contribution is -2.41. The molecule has 1 atom stereocenters. The minimum absolute atomic E-state index is 0.105. The van der Waals surface area contributed by atoms with Gasteiger partial charge in [0, 0.05) is 20.2 Å². The van der Waals surface area contributed by atoms with E-state index in [9.17, 15) is 8.78 Å². The summed E-state index contributed by atoms with van der Waals surface area (Å²) in [6.07, 6.45) is 0.936. The molecular weight excluding hydrogens is 178 g/mol. The summed E-state index contributed by atoms with van der Waals surface area (Å²) in [6.45, 7) is 0.435.